The van der Waals surface area contributed by atoms with Gasteiger partial charge in [0.1, 0.15) is 5.84 Å². The maximum atomic E-state index is 12.2. The third kappa shape index (κ3) is 1.79. The van der Waals surface area contributed by atoms with Crippen molar-refractivity contribution in [1.29, 1.82) is 0 Å². The van der Waals surface area contributed by atoms with Gasteiger partial charge in [0.2, 0.25) is 5.91 Å². The van der Waals surface area contributed by atoms with Gasteiger partial charge in [-0.1, -0.05) is 13.8 Å². The Morgan fingerprint density at radius 3 is 2.75 bits per heavy atom. The van der Waals surface area contributed by atoms with Crippen LogP contribution >= 0.6 is 0 Å². The largest absolute Gasteiger partial charge is 0.314 e. The van der Waals surface area contributed by atoms with Crippen LogP contribution in [0, 0.1) is 11.8 Å². The van der Waals surface area contributed by atoms with E-state index in [1.54, 1.807) is 0 Å². The highest BCUT2D eigenvalue weighted by Crippen LogP contribution is 2.29. The number of aliphatic imine (C=N–C) groups is 1. The van der Waals surface area contributed by atoms with E-state index in [0.29, 0.717) is 11.8 Å². The Kier molecular flexibility index (Phi) is 2.66. The monoisotopic (exact) mass is 220 g/mol. The highest BCUT2D eigenvalue weighted by Gasteiger charge is 2.39. The summed E-state index contributed by atoms with van der Waals surface area (Å²) in [6.45, 7) is 5.99. The molecule has 0 unspecified atom stereocenters. The Hall–Kier alpha value is -1.45. The fourth-order valence-corrected chi connectivity index (χ4v) is 2.18. The Labute approximate surface area is 94.8 Å². The van der Waals surface area contributed by atoms with Crippen molar-refractivity contribution >= 4 is 17.5 Å². The van der Waals surface area contributed by atoms with E-state index in [9.17, 15) is 9.59 Å². The third-order valence-corrected chi connectivity index (χ3v) is 2.94. The van der Waals surface area contributed by atoms with E-state index < -0.39 is 0 Å². The second-order valence-electron chi connectivity index (χ2n) is 4.83. The molecule has 0 saturated carbocycles. The molecule has 0 aromatic rings. The van der Waals surface area contributed by atoms with Crippen molar-refractivity contribution in [3.05, 3.63) is 11.3 Å². The number of nitrogens with one attached hydrogen (secondary N) is 1. The average molecular weight is 220 g/mol. The van der Waals surface area contributed by atoms with Gasteiger partial charge < -0.3 is 5.32 Å². The fraction of sp³-hybridized carbons (Fsp3) is 0.583. The summed E-state index contributed by atoms with van der Waals surface area (Å²) in [5.41, 5.74) is 1.55. The summed E-state index contributed by atoms with van der Waals surface area (Å²) in [5, 5.41) is 2.65. The molecule has 2 heterocycles. The van der Waals surface area contributed by atoms with Crippen LogP contribution in [0.15, 0.2) is 16.3 Å². The van der Waals surface area contributed by atoms with Gasteiger partial charge in [-0.05, 0) is 19.3 Å². The van der Waals surface area contributed by atoms with E-state index in [-0.39, 0.29) is 24.0 Å². The van der Waals surface area contributed by atoms with E-state index in [4.69, 9.17) is 0 Å². The Morgan fingerprint density at radius 1 is 1.44 bits per heavy atom. The first-order valence-electron chi connectivity index (χ1n) is 5.61. The van der Waals surface area contributed by atoms with Crippen molar-refractivity contribution in [2.24, 2.45) is 16.8 Å². The van der Waals surface area contributed by atoms with E-state index >= 15 is 0 Å². The number of hydrogen-bond acceptors (Lipinski definition) is 3. The van der Waals surface area contributed by atoms with E-state index in [1.807, 2.05) is 6.92 Å². The summed E-state index contributed by atoms with van der Waals surface area (Å²) in [4.78, 5) is 27.7. The lowest BCUT2D eigenvalue weighted by Crippen LogP contribution is -2.31. The number of rotatable bonds is 2. The average Bonchev–Trinajstić information content (AvgIpc) is 2.53. The normalized spacial score (nSPS) is 24.8. The number of nitrogens with zero attached hydrogens (tertiary/aromatic N) is 1. The molecule has 0 bridgehead atoms. The summed E-state index contributed by atoms with van der Waals surface area (Å²) < 4.78 is 0. The molecule has 86 valence electrons. The van der Waals surface area contributed by atoms with Crippen molar-refractivity contribution in [2.75, 3.05) is 0 Å². The molecule has 1 N–H and O–H groups in total. The quantitative estimate of drug-likeness (QED) is 0.765. The minimum atomic E-state index is -0.343. The molecular weight excluding hydrogens is 204 g/mol. The first-order valence-corrected chi connectivity index (χ1v) is 5.61. The van der Waals surface area contributed by atoms with Gasteiger partial charge in [0.15, 0.2) is 5.78 Å². The number of amidine groups is 1. The standard InChI is InChI=1S/C12H16N2O2/c1-6(2)4-8-7(3)13-12-9(11(8)16)5-10(15)14-12/h6,9H,4-5H2,1-3H3,(H,13,14,15)/t9-/m0/s1. The van der Waals surface area contributed by atoms with E-state index in [2.05, 4.69) is 24.2 Å². The lowest BCUT2D eigenvalue weighted by Gasteiger charge is -2.19. The van der Waals surface area contributed by atoms with Gasteiger partial charge in [-0.3, -0.25) is 9.59 Å². The van der Waals surface area contributed by atoms with Crippen molar-refractivity contribution in [3.63, 3.8) is 0 Å². The maximum Gasteiger partial charge on any atom is 0.226 e. The molecule has 2 aliphatic heterocycles. The molecule has 0 aromatic carbocycles. The lowest BCUT2D eigenvalue weighted by atomic mass is 9.87. The van der Waals surface area contributed by atoms with Gasteiger partial charge in [-0.15, -0.1) is 0 Å². The summed E-state index contributed by atoms with van der Waals surface area (Å²) >= 11 is 0. The number of hydrogen-bond donors (Lipinski definition) is 1. The van der Waals surface area contributed by atoms with Crippen LogP contribution in [-0.4, -0.2) is 17.5 Å². The molecule has 1 saturated heterocycles. The zero-order valence-corrected chi connectivity index (χ0v) is 9.83. The molecule has 16 heavy (non-hydrogen) atoms. The number of allylic oxidation sites excluding steroid dienone is 2. The van der Waals surface area contributed by atoms with Crippen LogP contribution < -0.4 is 5.32 Å². The van der Waals surface area contributed by atoms with E-state index in [0.717, 1.165) is 17.7 Å². The number of carbonyl (C=O) groups is 2. The maximum absolute atomic E-state index is 12.2. The number of fused-ring (bicyclic) bond motifs is 1. The molecule has 1 atom stereocenters. The second kappa shape index (κ2) is 3.85. The van der Waals surface area contributed by atoms with Crippen LogP contribution in [-0.2, 0) is 9.59 Å². The van der Waals surface area contributed by atoms with Crippen LogP contribution in [0.3, 0.4) is 0 Å². The molecule has 0 aromatic heterocycles. The number of ketones is 1. The zero-order chi connectivity index (χ0) is 11.9. The topological polar surface area (TPSA) is 58.5 Å². The molecule has 2 rings (SSSR count). The first kappa shape index (κ1) is 11.0. The molecule has 2 aliphatic rings. The number of Topliss-reactive ketones (excluding diaryl/α,β-unsaturated/α-hetero) is 1. The van der Waals surface area contributed by atoms with Gasteiger partial charge in [-0.2, -0.15) is 0 Å². The first-order chi connectivity index (χ1) is 7.49. The molecule has 0 aliphatic carbocycles. The molecular formula is C12H16N2O2. The van der Waals surface area contributed by atoms with E-state index in [1.165, 1.54) is 0 Å². The predicted octanol–water partition coefficient (Wildman–Crippen LogP) is 1.42. The van der Waals surface area contributed by atoms with Gasteiger partial charge in [0, 0.05) is 17.7 Å². The molecule has 0 spiro atoms. The minimum Gasteiger partial charge on any atom is -0.314 e. The SMILES string of the molecule is CC1=C(CC(C)C)C(=O)[C@@H]2CC(=O)NC2=N1. The predicted molar refractivity (Wildman–Crippen MR) is 60.8 cm³/mol. The minimum absolute atomic E-state index is 0.0783. The van der Waals surface area contributed by atoms with Gasteiger partial charge in [0.05, 0.1) is 5.92 Å². The van der Waals surface area contributed by atoms with Gasteiger partial charge in [0.25, 0.3) is 0 Å². The third-order valence-electron chi connectivity index (χ3n) is 2.94. The Bertz CT molecular complexity index is 419. The van der Waals surface area contributed by atoms with Crippen molar-refractivity contribution in [2.45, 2.75) is 33.6 Å². The van der Waals surface area contributed by atoms with Crippen LogP contribution in [0.4, 0.5) is 0 Å². The highest BCUT2D eigenvalue weighted by atomic mass is 16.2. The van der Waals surface area contributed by atoms with Crippen LogP contribution in [0.5, 0.6) is 0 Å². The molecule has 1 fully saturated rings. The summed E-state index contributed by atoms with van der Waals surface area (Å²) in [5.74, 6) is 0.603. The van der Waals surface area contributed by atoms with Crippen molar-refractivity contribution < 1.29 is 9.59 Å². The lowest BCUT2D eigenvalue weighted by molar-refractivity contribution is -0.122. The zero-order valence-electron chi connectivity index (χ0n) is 9.83. The summed E-state index contributed by atoms with van der Waals surface area (Å²) in [7, 11) is 0. The van der Waals surface area contributed by atoms with Crippen LogP contribution in [0.1, 0.15) is 33.6 Å². The fourth-order valence-electron chi connectivity index (χ4n) is 2.18. The van der Waals surface area contributed by atoms with Crippen LogP contribution in [0.2, 0.25) is 0 Å². The molecule has 1 amide bonds. The second-order valence-corrected chi connectivity index (χ2v) is 4.83. The van der Waals surface area contributed by atoms with Crippen LogP contribution in [0.25, 0.3) is 0 Å². The molecule has 4 nitrogen and oxygen atoms in total. The number of carbonyl (C=O) groups excluding carboxylic acids is 2. The smallest absolute Gasteiger partial charge is 0.226 e. The van der Waals surface area contributed by atoms with Gasteiger partial charge in [-0.25, -0.2) is 4.99 Å². The Balaban J connectivity index is 2.32. The van der Waals surface area contributed by atoms with Gasteiger partial charge >= 0.3 is 0 Å². The van der Waals surface area contributed by atoms with Crippen molar-refractivity contribution in [1.82, 2.24) is 5.32 Å². The summed E-state index contributed by atoms with van der Waals surface area (Å²) in [6, 6.07) is 0. The van der Waals surface area contributed by atoms with Crippen molar-refractivity contribution in [3.8, 4) is 0 Å². The number of amides is 1. The molecule has 0 radical (unpaired) electrons. The highest BCUT2D eigenvalue weighted by molar-refractivity contribution is 6.22. The Morgan fingerprint density at radius 2 is 2.12 bits per heavy atom. The molecule has 4 heteroatoms. The summed E-state index contributed by atoms with van der Waals surface area (Å²) in [6.07, 6.45) is 0.999.